The number of benzene rings is 2. The molecular formula is C24H26N2O2S2. The minimum atomic E-state index is -0.0253. The number of hydrogen-bond acceptors (Lipinski definition) is 4. The van der Waals surface area contributed by atoms with Crippen LogP contribution in [0.3, 0.4) is 0 Å². The Labute approximate surface area is 187 Å². The van der Waals surface area contributed by atoms with Gasteiger partial charge >= 0.3 is 0 Å². The zero-order chi connectivity index (χ0) is 21.5. The van der Waals surface area contributed by atoms with Crippen molar-refractivity contribution in [2.75, 3.05) is 11.9 Å². The number of rotatable bonds is 8. The van der Waals surface area contributed by atoms with Crippen molar-refractivity contribution in [3.8, 4) is 0 Å². The molecule has 1 saturated heterocycles. The van der Waals surface area contributed by atoms with Crippen molar-refractivity contribution in [1.29, 1.82) is 0 Å². The normalized spacial score (nSPS) is 15.1. The Morgan fingerprint density at radius 2 is 1.63 bits per heavy atom. The van der Waals surface area contributed by atoms with E-state index < -0.39 is 0 Å². The molecule has 2 amide bonds. The van der Waals surface area contributed by atoms with Crippen molar-refractivity contribution in [2.45, 2.75) is 39.5 Å². The molecule has 1 aliphatic heterocycles. The maximum Gasteiger partial charge on any atom is 0.266 e. The maximum absolute atomic E-state index is 12.7. The Balaban J connectivity index is 1.40. The van der Waals surface area contributed by atoms with Gasteiger partial charge in [0, 0.05) is 18.7 Å². The first-order chi connectivity index (χ1) is 14.4. The van der Waals surface area contributed by atoms with E-state index in [4.69, 9.17) is 12.2 Å². The number of hydrogen-bond donors (Lipinski definition) is 1. The molecule has 3 rings (SSSR count). The summed E-state index contributed by atoms with van der Waals surface area (Å²) in [6.07, 6.45) is 4.84. The second kappa shape index (κ2) is 10.5. The molecule has 0 unspecified atom stereocenters. The monoisotopic (exact) mass is 438 g/mol. The molecule has 1 aliphatic rings. The molecule has 156 valence electrons. The lowest BCUT2D eigenvalue weighted by Crippen LogP contribution is -2.29. The van der Waals surface area contributed by atoms with Crippen molar-refractivity contribution in [3.63, 3.8) is 0 Å². The summed E-state index contributed by atoms with van der Waals surface area (Å²) in [6.45, 7) is 4.65. The Morgan fingerprint density at radius 3 is 2.30 bits per heavy atom. The number of unbranched alkanes of at least 4 members (excludes halogenated alkanes) is 2. The highest BCUT2D eigenvalue weighted by atomic mass is 32.2. The summed E-state index contributed by atoms with van der Waals surface area (Å²) < 4.78 is 0.607. The zero-order valence-corrected chi connectivity index (χ0v) is 18.9. The highest BCUT2D eigenvalue weighted by Crippen LogP contribution is 2.32. The van der Waals surface area contributed by atoms with E-state index in [2.05, 4.69) is 5.32 Å². The van der Waals surface area contributed by atoms with Gasteiger partial charge in [0.25, 0.3) is 5.91 Å². The minimum Gasteiger partial charge on any atom is -0.326 e. The smallest absolute Gasteiger partial charge is 0.266 e. The lowest BCUT2D eigenvalue weighted by Gasteiger charge is -2.14. The van der Waals surface area contributed by atoms with E-state index in [1.54, 1.807) is 4.90 Å². The van der Waals surface area contributed by atoms with E-state index >= 15 is 0 Å². The average molecular weight is 439 g/mol. The van der Waals surface area contributed by atoms with E-state index in [1.165, 1.54) is 17.3 Å². The molecular weight excluding hydrogens is 412 g/mol. The van der Waals surface area contributed by atoms with Gasteiger partial charge in [-0.25, -0.2) is 0 Å². The van der Waals surface area contributed by atoms with Crippen LogP contribution < -0.4 is 5.32 Å². The van der Waals surface area contributed by atoms with E-state index in [0.29, 0.717) is 22.2 Å². The highest BCUT2D eigenvalue weighted by Gasteiger charge is 2.31. The number of thiocarbonyl (C=S) groups is 1. The standard InChI is InChI=1S/C24H26N2O2S2/c1-17-7-11-19(12-8-17)16-21-23(28)26(24(29)30-21)15-5-3-4-6-22(27)25-20-13-9-18(2)10-14-20/h7-14,16H,3-6,15H2,1-2H3,(H,25,27)/b21-16-. The third-order valence-electron chi connectivity index (χ3n) is 4.87. The van der Waals surface area contributed by atoms with Crippen molar-refractivity contribution in [2.24, 2.45) is 0 Å². The molecule has 0 aromatic heterocycles. The average Bonchev–Trinajstić information content (AvgIpc) is 2.98. The van der Waals surface area contributed by atoms with E-state index in [1.807, 2.05) is 68.5 Å². The number of anilines is 1. The summed E-state index contributed by atoms with van der Waals surface area (Å²) in [5.41, 5.74) is 4.17. The fraction of sp³-hybridized carbons (Fsp3) is 0.292. The van der Waals surface area contributed by atoms with Gasteiger partial charge in [-0.2, -0.15) is 0 Å². The molecule has 30 heavy (non-hydrogen) atoms. The zero-order valence-electron chi connectivity index (χ0n) is 17.3. The summed E-state index contributed by atoms with van der Waals surface area (Å²) in [7, 11) is 0. The Bertz CT molecular complexity index is 950. The number of nitrogens with zero attached hydrogens (tertiary/aromatic N) is 1. The van der Waals surface area contributed by atoms with Gasteiger partial charge in [0.05, 0.1) is 4.91 Å². The van der Waals surface area contributed by atoms with Crippen LogP contribution in [0.5, 0.6) is 0 Å². The number of carbonyl (C=O) groups excluding carboxylic acids is 2. The SMILES string of the molecule is Cc1ccc(/C=C2\SC(=S)N(CCCCCC(=O)Nc3ccc(C)cc3)C2=O)cc1. The van der Waals surface area contributed by atoms with Crippen LogP contribution >= 0.6 is 24.0 Å². The second-order valence-electron chi connectivity index (χ2n) is 7.47. The van der Waals surface area contributed by atoms with Gasteiger partial charge < -0.3 is 5.32 Å². The molecule has 2 aromatic carbocycles. The summed E-state index contributed by atoms with van der Waals surface area (Å²) >= 11 is 6.75. The molecule has 6 heteroatoms. The van der Waals surface area contributed by atoms with Gasteiger partial charge in [-0.3, -0.25) is 14.5 Å². The van der Waals surface area contributed by atoms with Crippen LogP contribution in [0.1, 0.15) is 42.4 Å². The van der Waals surface area contributed by atoms with Gasteiger partial charge in [-0.05, 0) is 50.5 Å². The number of carbonyl (C=O) groups is 2. The summed E-state index contributed by atoms with van der Waals surface area (Å²) in [6, 6.07) is 15.8. The number of nitrogens with one attached hydrogen (secondary N) is 1. The second-order valence-corrected chi connectivity index (χ2v) is 9.14. The third-order valence-corrected chi connectivity index (χ3v) is 6.25. The van der Waals surface area contributed by atoms with Crippen molar-refractivity contribution in [1.82, 2.24) is 4.90 Å². The first kappa shape index (κ1) is 22.2. The number of amides is 2. The molecule has 0 radical (unpaired) electrons. The highest BCUT2D eigenvalue weighted by molar-refractivity contribution is 8.26. The number of thioether (sulfide) groups is 1. The molecule has 1 heterocycles. The summed E-state index contributed by atoms with van der Waals surface area (Å²) in [4.78, 5) is 27.1. The first-order valence-corrected chi connectivity index (χ1v) is 11.3. The van der Waals surface area contributed by atoms with Crippen LogP contribution in [0.4, 0.5) is 5.69 Å². The maximum atomic E-state index is 12.7. The Kier molecular flexibility index (Phi) is 7.82. The molecule has 0 bridgehead atoms. The predicted molar refractivity (Wildman–Crippen MR) is 129 cm³/mol. The summed E-state index contributed by atoms with van der Waals surface area (Å²) in [5, 5.41) is 2.91. The van der Waals surface area contributed by atoms with Gasteiger partial charge in [-0.1, -0.05) is 77.9 Å². The fourth-order valence-corrected chi connectivity index (χ4v) is 4.41. The lowest BCUT2D eigenvalue weighted by molar-refractivity contribution is -0.122. The molecule has 1 fully saturated rings. The van der Waals surface area contributed by atoms with Gasteiger partial charge in [0.15, 0.2) is 0 Å². The molecule has 0 aliphatic carbocycles. The van der Waals surface area contributed by atoms with Crippen LogP contribution in [0.25, 0.3) is 6.08 Å². The van der Waals surface area contributed by atoms with Crippen molar-refractivity contribution in [3.05, 3.63) is 70.1 Å². The topological polar surface area (TPSA) is 49.4 Å². The van der Waals surface area contributed by atoms with Crippen molar-refractivity contribution < 1.29 is 9.59 Å². The van der Waals surface area contributed by atoms with Crippen LogP contribution in [0, 0.1) is 13.8 Å². The Morgan fingerprint density at radius 1 is 1.00 bits per heavy atom. The van der Waals surface area contributed by atoms with Gasteiger partial charge in [0.2, 0.25) is 5.91 Å². The first-order valence-electron chi connectivity index (χ1n) is 10.1. The van der Waals surface area contributed by atoms with Gasteiger partial charge in [-0.15, -0.1) is 0 Å². The molecule has 0 saturated carbocycles. The third kappa shape index (κ3) is 6.28. The lowest BCUT2D eigenvalue weighted by atomic mass is 10.1. The van der Waals surface area contributed by atoms with Crippen LogP contribution in [-0.4, -0.2) is 27.6 Å². The summed E-state index contributed by atoms with van der Waals surface area (Å²) in [5.74, 6) is -0.00631. The largest absolute Gasteiger partial charge is 0.326 e. The van der Waals surface area contributed by atoms with E-state index in [-0.39, 0.29) is 11.8 Å². The van der Waals surface area contributed by atoms with Gasteiger partial charge in [0.1, 0.15) is 4.32 Å². The number of aryl methyl sites for hydroxylation is 2. The van der Waals surface area contributed by atoms with Crippen molar-refractivity contribution >= 4 is 51.9 Å². The van der Waals surface area contributed by atoms with Crippen LogP contribution in [-0.2, 0) is 9.59 Å². The quantitative estimate of drug-likeness (QED) is 0.326. The minimum absolute atomic E-state index is 0.0190. The predicted octanol–water partition coefficient (Wildman–Crippen LogP) is 5.70. The van der Waals surface area contributed by atoms with E-state index in [0.717, 1.165) is 36.1 Å². The molecule has 2 aromatic rings. The fourth-order valence-electron chi connectivity index (χ4n) is 3.10. The molecule has 0 atom stereocenters. The molecule has 0 spiro atoms. The van der Waals surface area contributed by atoms with E-state index in [9.17, 15) is 9.59 Å². The van der Waals surface area contributed by atoms with Crippen LogP contribution in [0.2, 0.25) is 0 Å². The Hall–Kier alpha value is -2.44. The van der Waals surface area contributed by atoms with Crippen LogP contribution in [0.15, 0.2) is 53.4 Å². The molecule has 4 nitrogen and oxygen atoms in total. The molecule has 1 N–H and O–H groups in total.